The predicted octanol–water partition coefficient (Wildman–Crippen LogP) is 2.77. The molecule has 1 aromatic heterocycles. The number of carbonyl (C=O) groups excluding carboxylic acids is 2. The fraction of sp³-hybridized carbons (Fsp3) is 0.353. The summed E-state index contributed by atoms with van der Waals surface area (Å²) in [5, 5.41) is 6.72. The van der Waals surface area contributed by atoms with E-state index in [1.165, 1.54) is 4.90 Å². The minimum atomic E-state index is -0.249. The number of hydrogen-bond acceptors (Lipinski definition) is 4. The van der Waals surface area contributed by atoms with Crippen LogP contribution in [-0.4, -0.2) is 35.6 Å². The molecule has 3 amide bonds. The molecule has 1 aliphatic rings. The highest BCUT2D eigenvalue weighted by Gasteiger charge is 2.22. The Morgan fingerprint density at radius 1 is 1.42 bits per heavy atom. The molecule has 0 bridgehead atoms. The van der Waals surface area contributed by atoms with Crippen molar-refractivity contribution in [1.82, 2.24) is 10.1 Å². The van der Waals surface area contributed by atoms with Crippen LogP contribution in [0, 0.1) is 6.92 Å². The predicted molar refractivity (Wildman–Crippen MR) is 89.8 cm³/mol. The lowest BCUT2D eigenvalue weighted by molar-refractivity contribution is -0.117. The highest BCUT2D eigenvalue weighted by atomic mass is 16.5. The summed E-state index contributed by atoms with van der Waals surface area (Å²) in [6.07, 6.45) is 1.45. The molecule has 1 fully saturated rings. The number of benzene rings is 1. The van der Waals surface area contributed by atoms with Crippen LogP contribution in [0.1, 0.15) is 24.3 Å². The molecule has 126 valence electrons. The van der Waals surface area contributed by atoms with E-state index >= 15 is 0 Å². The number of rotatable bonds is 4. The molecule has 2 heterocycles. The van der Waals surface area contributed by atoms with Crippen LogP contribution in [0.3, 0.4) is 0 Å². The van der Waals surface area contributed by atoms with E-state index in [0.717, 1.165) is 18.7 Å². The van der Waals surface area contributed by atoms with Crippen LogP contribution in [0.25, 0.3) is 0 Å². The van der Waals surface area contributed by atoms with Gasteiger partial charge in [0.15, 0.2) is 0 Å². The van der Waals surface area contributed by atoms with E-state index in [0.29, 0.717) is 30.1 Å². The third-order valence-corrected chi connectivity index (χ3v) is 3.91. The van der Waals surface area contributed by atoms with Gasteiger partial charge in [0.05, 0.1) is 6.54 Å². The van der Waals surface area contributed by atoms with Gasteiger partial charge in [0.1, 0.15) is 11.5 Å². The minimum Gasteiger partial charge on any atom is -0.361 e. The molecule has 7 heteroatoms. The molecule has 0 radical (unpaired) electrons. The Balaban J connectivity index is 1.64. The van der Waals surface area contributed by atoms with Crippen molar-refractivity contribution >= 4 is 23.3 Å². The first-order valence-corrected chi connectivity index (χ1v) is 7.87. The van der Waals surface area contributed by atoms with Crippen LogP contribution in [-0.2, 0) is 11.3 Å². The average molecular weight is 328 g/mol. The fourth-order valence-electron chi connectivity index (χ4n) is 2.70. The lowest BCUT2D eigenvalue weighted by Gasteiger charge is -2.19. The molecule has 0 unspecified atom stereocenters. The van der Waals surface area contributed by atoms with Crippen molar-refractivity contribution in [3.63, 3.8) is 0 Å². The summed E-state index contributed by atoms with van der Waals surface area (Å²) in [6, 6.07) is 8.87. The summed E-state index contributed by atoms with van der Waals surface area (Å²) in [4.78, 5) is 27.4. The third-order valence-electron chi connectivity index (χ3n) is 3.91. The normalized spacial score (nSPS) is 14.1. The van der Waals surface area contributed by atoms with Gasteiger partial charge in [-0.25, -0.2) is 4.79 Å². The van der Waals surface area contributed by atoms with E-state index in [-0.39, 0.29) is 11.9 Å². The molecule has 3 rings (SSSR count). The van der Waals surface area contributed by atoms with Crippen LogP contribution in [0.4, 0.5) is 16.2 Å². The molecule has 0 saturated carbocycles. The van der Waals surface area contributed by atoms with Crippen molar-refractivity contribution in [3.05, 3.63) is 41.8 Å². The first-order chi connectivity index (χ1) is 11.5. The zero-order valence-corrected chi connectivity index (χ0v) is 13.8. The Labute approximate surface area is 140 Å². The summed E-state index contributed by atoms with van der Waals surface area (Å²) < 4.78 is 5.00. The second-order valence-corrected chi connectivity index (χ2v) is 5.91. The van der Waals surface area contributed by atoms with Crippen LogP contribution in [0.15, 0.2) is 34.9 Å². The van der Waals surface area contributed by atoms with Crippen molar-refractivity contribution in [2.45, 2.75) is 26.3 Å². The highest BCUT2D eigenvalue weighted by Crippen LogP contribution is 2.24. The van der Waals surface area contributed by atoms with Crippen molar-refractivity contribution in [1.29, 1.82) is 0 Å². The summed E-state index contributed by atoms with van der Waals surface area (Å²) in [7, 11) is 1.69. The maximum atomic E-state index is 12.3. The average Bonchev–Trinajstić information content (AvgIpc) is 3.16. The maximum absolute atomic E-state index is 12.3. The van der Waals surface area contributed by atoms with Gasteiger partial charge in [-0.15, -0.1) is 0 Å². The minimum absolute atomic E-state index is 0.122. The standard InChI is InChI=1S/C17H20N4O3/c1-12-9-14(19-24-12)11-20(2)17(23)18-13-5-3-6-15(10-13)21-8-4-7-16(21)22/h3,5-6,9-10H,4,7-8,11H2,1-2H3,(H,18,23). The van der Waals surface area contributed by atoms with Gasteiger partial charge in [-0.2, -0.15) is 0 Å². The number of amides is 3. The smallest absolute Gasteiger partial charge is 0.321 e. The van der Waals surface area contributed by atoms with Gasteiger partial charge < -0.3 is 19.6 Å². The zero-order chi connectivity index (χ0) is 17.1. The first-order valence-electron chi connectivity index (χ1n) is 7.87. The number of aromatic nitrogens is 1. The van der Waals surface area contributed by atoms with Crippen LogP contribution < -0.4 is 10.2 Å². The lowest BCUT2D eigenvalue weighted by Crippen LogP contribution is -2.31. The van der Waals surface area contributed by atoms with Crippen molar-refractivity contribution in [2.24, 2.45) is 0 Å². The van der Waals surface area contributed by atoms with E-state index in [1.54, 1.807) is 24.1 Å². The third kappa shape index (κ3) is 3.56. The molecule has 1 aromatic carbocycles. The topological polar surface area (TPSA) is 78.7 Å². The molecule has 2 aromatic rings. The quantitative estimate of drug-likeness (QED) is 0.936. The SMILES string of the molecule is Cc1cc(CN(C)C(=O)Nc2cccc(N3CCCC3=O)c2)no1. The van der Waals surface area contributed by atoms with Crippen LogP contribution >= 0.6 is 0 Å². The van der Waals surface area contributed by atoms with Crippen molar-refractivity contribution in [3.8, 4) is 0 Å². The van der Waals surface area contributed by atoms with Crippen LogP contribution in [0.5, 0.6) is 0 Å². The summed E-state index contributed by atoms with van der Waals surface area (Å²) in [5.74, 6) is 0.832. The summed E-state index contributed by atoms with van der Waals surface area (Å²) in [6.45, 7) is 2.89. The number of nitrogens with one attached hydrogen (secondary N) is 1. The molecule has 1 aliphatic heterocycles. The van der Waals surface area contributed by atoms with Gasteiger partial charge >= 0.3 is 6.03 Å². The van der Waals surface area contributed by atoms with Gasteiger partial charge in [-0.05, 0) is 31.5 Å². The van der Waals surface area contributed by atoms with E-state index in [1.807, 2.05) is 25.1 Å². The first kappa shape index (κ1) is 16.0. The second-order valence-electron chi connectivity index (χ2n) is 5.91. The molecule has 0 aliphatic carbocycles. The van der Waals surface area contributed by atoms with Gasteiger partial charge in [0.2, 0.25) is 5.91 Å². The Morgan fingerprint density at radius 3 is 2.92 bits per heavy atom. The van der Waals surface area contributed by atoms with E-state index in [4.69, 9.17) is 4.52 Å². The van der Waals surface area contributed by atoms with Crippen LogP contribution in [0.2, 0.25) is 0 Å². The molecule has 1 N–H and O–H groups in total. The number of carbonyl (C=O) groups is 2. The molecular weight excluding hydrogens is 308 g/mol. The molecule has 0 atom stereocenters. The molecule has 7 nitrogen and oxygen atoms in total. The number of hydrogen-bond donors (Lipinski definition) is 1. The molecule has 0 spiro atoms. The number of nitrogens with zero attached hydrogens (tertiary/aromatic N) is 3. The number of aryl methyl sites for hydroxylation is 1. The fourth-order valence-corrected chi connectivity index (χ4v) is 2.70. The van der Waals surface area contributed by atoms with Gasteiger partial charge in [0.25, 0.3) is 0 Å². The van der Waals surface area contributed by atoms with Gasteiger partial charge in [-0.3, -0.25) is 4.79 Å². The zero-order valence-electron chi connectivity index (χ0n) is 13.8. The Kier molecular flexibility index (Phi) is 4.50. The number of urea groups is 1. The summed E-state index contributed by atoms with van der Waals surface area (Å²) in [5.41, 5.74) is 2.16. The Bertz CT molecular complexity index is 756. The molecular formula is C17H20N4O3. The largest absolute Gasteiger partial charge is 0.361 e. The Morgan fingerprint density at radius 2 is 2.25 bits per heavy atom. The lowest BCUT2D eigenvalue weighted by atomic mass is 10.2. The Hall–Kier alpha value is -2.83. The van der Waals surface area contributed by atoms with E-state index in [2.05, 4.69) is 10.5 Å². The monoisotopic (exact) mass is 328 g/mol. The molecule has 1 saturated heterocycles. The van der Waals surface area contributed by atoms with Crippen molar-refractivity contribution < 1.29 is 14.1 Å². The maximum Gasteiger partial charge on any atom is 0.321 e. The van der Waals surface area contributed by atoms with Gasteiger partial charge in [0, 0.05) is 37.5 Å². The van der Waals surface area contributed by atoms with E-state index in [9.17, 15) is 9.59 Å². The number of anilines is 2. The molecule has 24 heavy (non-hydrogen) atoms. The van der Waals surface area contributed by atoms with Crippen molar-refractivity contribution in [2.75, 3.05) is 23.8 Å². The van der Waals surface area contributed by atoms with Gasteiger partial charge in [-0.1, -0.05) is 11.2 Å². The van der Waals surface area contributed by atoms with E-state index < -0.39 is 0 Å². The summed E-state index contributed by atoms with van der Waals surface area (Å²) >= 11 is 0. The highest BCUT2D eigenvalue weighted by molar-refractivity contribution is 5.96. The second kappa shape index (κ2) is 6.74.